The van der Waals surface area contributed by atoms with Crippen molar-refractivity contribution >= 4 is 0 Å². The van der Waals surface area contributed by atoms with E-state index < -0.39 is 0 Å². The Bertz CT molecular complexity index is 229. The number of nitrogens with zero attached hydrogens (tertiary/aromatic N) is 1. The largest absolute Gasteiger partial charge is 0.374 e. The highest BCUT2D eigenvalue weighted by molar-refractivity contribution is 5.03. The molecule has 0 unspecified atom stereocenters. The molecular formula is C13H24N2O. The summed E-state index contributed by atoms with van der Waals surface area (Å²) in [6.45, 7) is 1.65. The van der Waals surface area contributed by atoms with Crippen molar-refractivity contribution in [1.29, 1.82) is 0 Å². The van der Waals surface area contributed by atoms with E-state index in [0.29, 0.717) is 0 Å². The van der Waals surface area contributed by atoms with Crippen LogP contribution >= 0.6 is 0 Å². The van der Waals surface area contributed by atoms with Crippen LogP contribution in [0.25, 0.3) is 0 Å². The predicted octanol–water partition coefficient (Wildman–Crippen LogP) is 1.78. The van der Waals surface area contributed by atoms with Gasteiger partial charge in [-0.3, -0.25) is 5.84 Å². The maximum Gasteiger partial charge on any atom is 0.0691 e. The van der Waals surface area contributed by atoms with Gasteiger partial charge in [-0.15, -0.1) is 0 Å². The zero-order valence-electron chi connectivity index (χ0n) is 10.3. The van der Waals surface area contributed by atoms with E-state index in [1.165, 1.54) is 38.5 Å². The Kier molecular flexibility index (Phi) is 2.73. The van der Waals surface area contributed by atoms with Gasteiger partial charge >= 0.3 is 0 Å². The van der Waals surface area contributed by atoms with Gasteiger partial charge in [0.2, 0.25) is 0 Å². The fourth-order valence-electron chi connectivity index (χ4n) is 4.61. The summed E-state index contributed by atoms with van der Waals surface area (Å²) in [5, 5.41) is 1.72. The first-order valence-electron chi connectivity index (χ1n) is 6.75. The zero-order chi connectivity index (χ0) is 11.2. The third kappa shape index (κ3) is 2.01. The van der Waals surface area contributed by atoms with Crippen molar-refractivity contribution in [2.24, 2.45) is 23.6 Å². The molecule has 92 valence electrons. The minimum absolute atomic E-state index is 0.255. The molecule has 0 aliphatic heterocycles. The van der Waals surface area contributed by atoms with Crippen LogP contribution in [0.15, 0.2) is 0 Å². The Labute approximate surface area is 98.3 Å². The second-order valence-corrected chi connectivity index (χ2v) is 6.43. The fraction of sp³-hybridized carbons (Fsp3) is 1.00. The summed E-state index contributed by atoms with van der Waals surface area (Å²) in [6.07, 6.45) is 8.44. The van der Waals surface area contributed by atoms with Gasteiger partial charge in [0.05, 0.1) is 12.2 Å². The summed E-state index contributed by atoms with van der Waals surface area (Å²) in [7, 11) is 1.91. The maximum absolute atomic E-state index is 6.23. The second kappa shape index (κ2) is 3.97. The van der Waals surface area contributed by atoms with Crippen LogP contribution < -0.4 is 5.84 Å². The lowest BCUT2D eigenvalue weighted by Gasteiger charge is -2.56. The third-order valence-electron chi connectivity index (χ3n) is 4.83. The van der Waals surface area contributed by atoms with Gasteiger partial charge in [-0.1, -0.05) is 0 Å². The van der Waals surface area contributed by atoms with Crippen molar-refractivity contribution in [3.8, 4) is 0 Å². The molecule has 16 heavy (non-hydrogen) atoms. The molecule has 0 atom stereocenters. The molecule has 0 heterocycles. The van der Waals surface area contributed by atoms with Gasteiger partial charge in [-0.25, -0.2) is 5.01 Å². The molecule has 0 spiro atoms. The second-order valence-electron chi connectivity index (χ2n) is 6.43. The summed E-state index contributed by atoms with van der Waals surface area (Å²) in [6, 6.07) is 0. The fourth-order valence-corrected chi connectivity index (χ4v) is 4.61. The molecule has 0 aromatic rings. The number of rotatable bonds is 4. The van der Waals surface area contributed by atoms with Crippen molar-refractivity contribution in [2.45, 2.75) is 44.1 Å². The van der Waals surface area contributed by atoms with Crippen LogP contribution in [0.3, 0.4) is 0 Å². The highest BCUT2D eigenvalue weighted by Crippen LogP contribution is 2.56. The molecule has 4 saturated carbocycles. The molecular weight excluding hydrogens is 200 g/mol. The Morgan fingerprint density at radius 2 is 1.62 bits per heavy atom. The Morgan fingerprint density at radius 1 is 1.12 bits per heavy atom. The molecule has 0 aromatic carbocycles. The van der Waals surface area contributed by atoms with Gasteiger partial charge in [0.15, 0.2) is 0 Å². The average molecular weight is 224 g/mol. The first-order chi connectivity index (χ1) is 7.65. The maximum atomic E-state index is 6.23. The minimum Gasteiger partial charge on any atom is -0.374 e. The van der Waals surface area contributed by atoms with Gasteiger partial charge in [-0.2, -0.15) is 0 Å². The topological polar surface area (TPSA) is 38.5 Å². The molecule has 4 rings (SSSR count). The molecule has 0 saturated heterocycles. The number of hydrogen-bond acceptors (Lipinski definition) is 3. The van der Waals surface area contributed by atoms with E-state index in [2.05, 4.69) is 0 Å². The SMILES string of the molecule is CN(N)CCOC12CC3CC(CC(C3)C1)C2. The standard InChI is InChI=1S/C13H24N2O/c1-15(14)2-3-16-13-7-10-4-11(8-13)6-12(5-10)9-13/h10-12H,2-9,14H2,1H3. The summed E-state index contributed by atoms with van der Waals surface area (Å²) in [4.78, 5) is 0. The van der Waals surface area contributed by atoms with Crippen molar-refractivity contribution in [3.05, 3.63) is 0 Å². The first-order valence-corrected chi connectivity index (χ1v) is 6.75. The quantitative estimate of drug-likeness (QED) is 0.584. The molecule has 2 N–H and O–H groups in total. The van der Waals surface area contributed by atoms with Crippen LogP contribution in [0.4, 0.5) is 0 Å². The number of nitrogens with two attached hydrogens (primary N) is 1. The average Bonchev–Trinajstić information content (AvgIpc) is 2.13. The lowest BCUT2D eigenvalue weighted by Crippen LogP contribution is -2.52. The molecule has 4 fully saturated rings. The zero-order valence-corrected chi connectivity index (χ0v) is 10.3. The molecule has 4 aliphatic rings. The van der Waals surface area contributed by atoms with E-state index in [-0.39, 0.29) is 5.60 Å². The van der Waals surface area contributed by atoms with E-state index >= 15 is 0 Å². The Hall–Kier alpha value is -0.120. The van der Waals surface area contributed by atoms with Crippen LogP contribution in [-0.2, 0) is 4.74 Å². The molecule has 4 aliphatic carbocycles. The summed E-state index contributed by atoms with van der Waals surface area (Å²) in [5.74, 6) is 8.55. The van der Waals surface area contributed by atoms with E-state index in [1.807, 2.05) is 7.05 Å². The monoisotopic (exact) mass is 224 g/mol. The summed E-state index contributed by atoms with van der Waals surface area (Å²) < 4.78 is 6.23. The van der Waals surface area contributed by atoms with Gasteiger partial charge in [0.25, 0.3) is 0 Å². The summed E-state index contributed by atoms with van der Waals surface area (Å²) >= 11 is 0. The number of likely N-dealkylation sites (N-methyl/N-ethyl adjacent to an activating group) is 1. The van der Waals surface area contributed by atoms with Gasteiger partial charge in [0.1, 0.15) is 0 Å². The van der Waals surface area contributed by atoms with Crippen LogP contribution in [0.5, 0.6) is 0 Å². The Balaban J connectivity index is 1.60. The van der Waals surface area contributed by atoms with Crippen molar-refractivity contribution in [3.63, 3.8) is 0 Å². The molecule has 0 radical (unpaired) electrons. The van der Waals surface area contributed by atoms with E-state index in [0.717, 1.165) is 30.9 Å². The van der Waals surface area contributed by atoms with Crippen LogP contribution in [0.1, 0.15) is 38.5 Å². The molecule has 3 nitrogen and oxygen atoms in total. The highest BCUT2D eigenvalue weighted by Gasteiger charge is 2.51. The molecule has 0 aromatic heterocycles. The lowest BCUT2D eigenvalue weighted by atomic mass is 9.54. The summed E-state index contributed by atoms with van der Waals surface area (Å²) in [5.41, 5.74) is 0.255. The molecule has 3 heteroatoms. The lowest BCUT2D eigenvalue weighted by molar-refractivity contribution is -0.163. The van der Waals surface area contributed by atoms with E-state index in [4.69, 9.17) is 10.6 Å². The van der Waals surface area contributed by atoms with Crippen molar-refractivity contribution in [2.75, 3.05) is 20.2 Å². The highest BCUT2D eigenvalue weighted by atomic mass is 16.5. The first kappa shape index (κ1) is 11.0. The van der Waals surface area contributed by atoms with E-state index in [9.17, 15) is 0 Å². The normalized spacial score (nSPS) is 45.6. The van der Waals surface area contributed by atoms with Crippen molar-refractivity contribution in [1.82, 2.24) is 5.01 Å². The predicted molar refractivity (Wildman–Crippen MR) is 63.7 cm³/mol. The number of hydrogen-bond donors (Lipinski definition) is 1. The third-order valence-corrected chi connectivity index (χ3v) is 4.83. The van der Waals surface area contributed by atoms with Crippen LogP contribution in [0, 0.1) is 17.8 Å². The van der Waals surface area contributed by atoms with Gasteiger partial charge in [-0.05, 0) is 56.3 Å². The van der Waals surface area contributed by atoms with E-state index in [1.54, 1.807) is 5.01 Å². The molecule has 4 bridgehead atoms. The Morgan fingerprint density at radius 3 is 2.06 bits per heavy atom. The van der Waals surface area contributed by atoms with Gasteiger partial charge in [0, 0.05) is 13.6 Å². The van der Waals surface area contributed by atoms with Crippen LogP contribution in [0.2, 0.25) is 0 Å². The number of hydrazine groups is 1. The molecule has 0 amide bonds. The van der Waals surface area contributed by atoms with Crippen molar-refractivity contribution < 1.29 is 4.74 Å². The number of ether oxygens (including phenoxy) is 1. The van der Waals surface area contributed by atoms with Crippen LogP contribution in [-0.4, -0.2) is 30.8 Å². The smallest absolute Gasteiger partial charge is 0.0691 e. The van der Waals surface area contributed by atoms with Gasteiger partial charge < -0.3 is 4.74 Å². The minimum atomic E-state index is 0.255.